The van der Waals surface area contributed by atoms with E-state index in [1.165, 1.54) is 11.1 Å². The van der Waals surface area contributed by atoms with Crippen LogP contribution in [0.4, 0.5) is 5.69 Å². The van der Waals surface area contributed by atoms with Gasteiger partial charge in [-0.1, -0.05) is 49.4 Å². The smallest absolute Gasteiger partial charge is 0.221 e. The number of nitrogens with zero attached hydrogens (tertiary/aromatic N) is 3. The van der Waals surface area contributed by atoms with Crippen molar-refractivity contribution in [3.05, 3.63) is 59.2 Å². The number of rotatable bonds is 2. The number of benzene rings is 2. The predicted molar refractivity (Wildman–Crippen MR) is 116 cm³/mol. The van der Waals surface area contributed by atoms with Crippen LogP contribution in [0, 0.1) is 6.92 Å². The number of aromatic hydroxyl groups is 1. The van der Waals surface area contributed by atoms with Gasteiger partial charge in [0.25, 0.3) is 0 Å². The van der Waals surface area contributed by atoms with Crippen LogP contribution in [0.25, 0.3) is 10.9 Å². The molecule has 5 nitrogen and oxygen atoms in total. The third-order valence-corrected chi connectivity index (χ3v) is 6.00. The molecule has 6 heteroatoms. The summed E-state index contributed by atoms with van der Waals surface area (Å²) in [6.45, 7) is 8.59. The lowest BCUT2D eigenvalue weighted by molar-refractivity contribution is 0.236. The molecule has 0 saturated heterocycles. The van der Waals surface area contributed by atoms with Crippen LogP contribution in [0.1, 0.15) is 43.9 Å². The molecule has 3 N–H and O–H groups in total. The lowest BCUT2D eigenvalue weighted by atomic mass is 9.66. The van der Waals surface area contributed by atoms with E-state index in [0.29, 0.717) is 5.69 Å². The summed E-state index contributed by atoms with van der Waals surface area (Å²) in [6, 6.07) is 14.8. The molecule has 1 atom stereocenters. The summed E-state index contributed by atoms with van der Waals surface area (Å²) in [5.41, 5.74) is 9.86. The summed E-state index contributed by atoms with van der Waals surface area (Å²) >= 11 is 4.84. The van der Waals surface area contributed by atoms with Gasteiger partial charge in [0.1, 0.15) is 0 Å². The zero-order chi connectivity index (χ0) is 20.3. The molecule has 1 aromatic heterocycles. The van der Waals surface area contributed by atoms with Crippen molar-refractivity contribution in [2.45, 2.75) is 45.1 Å². The molecule has 2 heterocycles. The fourth-order valence-electron chi connectivity index (χ4n) is 4.88. The van der Waals surface area contributed by atoms with E-state index in [-0.39, 0.29) is 21.9 Å². The zero-order valence-electron chi connectivity index (χ0n) is 16.5. The Morgan fingerprint density at radius 1 is 1.14 bits per heavy atom. The molecule has 4 rings (SSSR count). The molecule has 0 amide bonds. The molecule has 0 radical (unpaired) electrons. The number of aromatic nitrogens is 1. The van der Waals surface area contributed by atoms with E-state index in [0.717, 1.165) is 22.9 Å². The minimum Gasteiger partial charge on any atom is -0.493 e. The summed E-state index contributed by atoms with van der Waals surface area (Å²) in [6.07, 6.45) is 0.837. The van der Waals surface area contributed by atoms with Gasteiger partial charge >= 0.3 is 0 Å². The van der Waals surface area contributed by atoms with Crippen LogP contribution in [0.5, 0.6) is 5.88 Å². The van der Waals surface area contributed by atoms with Gasteiger partial charge in [-0.05, 0) is 56.1 Å². The predicted octanol–water partition coefficient (Wildman–Crippen LogP) is 5.43. The SMILES string of the molecule is Cc1ccc2c3c1c(N=NC(N)=S)c(O)n3C(C)(C)C[C@]2(C)c1ccccc1. The van der Waals surface area contributed by atoms with Crippen LogP contribution in [-0.2, 0) is 11.0 Å². The Morgan fingerprint density at radius 2 is 1.82 bits per heavy atom. The molecule has 1 aliphatic rings. The van der Waals surface area contributed by atoms with Gasteiger partial charge in [0.15, 0.2) is 5.69 Å². The molecule has 3 aromatic rings. The summed E-state index contributed by atoms with van der Waals surface area (Å²) in [7, 11) is 0. The van der Waals surface area contributed by atoms with Crippen molar-refractivity contribution < 1.29 is 5.11 Å². The largest absolute Gasteiger partial charge is 0.493 e. The highest BCUT2D eigenvalue weighted by Crippen LogP contribution is 2.55. The Kier molecular flexibility index (Phi) is 4.08. The van der Waals surface area contributed by atoms with E-state index >= 15 is 0 Å². The van der Waals surface area contributed by atoms with Crippen LogP contribution < -0.4 is 5.73 Å². The van der Waals surface area contributed by atoms with Crippen molar-refractivity contribution in [3.63, 3.8) is 0 Å². The lowest BCUT2D eigenvalue weighted by Crippen LogP contribution is -2.41. The maximum atomic E-state index is 11.1. The fraction of sp³-hybridized carbons (Fsp3) is 0.318. The highest BCUT2D eigenvalue weighted by molar-refractivity contribution is 7.80. The van der Waals surface area contributed by atoms with E-state index in [2.05, 4.69) is 67.4 Å². The third-order valence-electron chi connectivity index (χ3n) is 5.92. The summed E-state index contributed by atoms with van der Waals surface area (Å²) < 4.78 is 1.99. The topological polar surface area (TPSA) is 75.9 Å². The lowest BCUT2D eigenvalue weighted by Gasteiger charge is -2.45. The second kappa shape index (κ2) is 6.14. The Morgan fingerprint density at radius 3 is 2.46 bits per heavy atom. The van der Waals surface area contributed by atoms with Crippen LogP contribution in [-0.4, -0.2) is 14.8 Å². The number of nitrogens with two attached hydrogens (primary N) is 1. The minimum absolute atomic E-state index is 0.0580. The molecule has 0 spiro atoms. The summed E-state index contributed by atoms with van der Waals surface area (Å²) in [4.78, 5) is 0. The minimum atomic E-state index is -0.329. The quantitative estimate of drug-likeness (QED) is 0.451. The highest BCUT2D eigenvalue weighted by Gasteiger charge is 2.45. The van der Waals surface area contributed by atoms with Gasteiger partial charge in [0.2, 0.25) is 11.0 Å². The molecular formula is C22H24N4OS. The van der Waals surface area contributed by atoms with Crippen molar-refractivity contribution in [2.24, 2.45) is 16.0 Å². The molecule has 1 aliphatic heterocycles. The molecule has 144 valence electrons. The average molecular weight is 393 g/mol. The average Bonchev–Trinajstić information content (AvgIpc) is 2.93. The van der Waals surface area contributed by atoms with Crippen molar-refractivity contribution in [1.29, 1.82) is 0 Å². The first-order chi connectivity index (χ1) is 13.2. The van der Waals surface area contributed by atoms with Gasteiger partial charge in [-0.3, -0.25) is 0 Å². The van der Waals surface area contributed by atoms with Crippen LogP contribution in [0.15, 0.2) is 52.7 Å². The molecule has 0 unspecified atom stereocenters. The molecular weight excluding hydrogens is 368 g/mol. The Labute approximate surface area is 169 Å². The van der Waals surface area contributed by atoms with Gasteiger partial charge in [0.05, 0.1) is 5.52 Å². The van der Waals surface area contributed by atoms with Crippen LogP contribution >= 0.6 is 12.2 Å². The van der Waals surface area contributed by atoms with Crippen LogP contribution in [0.2, 0.25) is 0 Å². The second-order valence-corrected chi connectivity index (χ2v) is 8.81. The van der Waals surface area contributed by atoms with Gasteiger partial charge in [-0.2, -0.15) is 0 Å². The first-order valence-electron chi connectivity index (χ1n) is 9.31. The molecule has 0 fully saturated rings. The second-order valence-electron chi connectivity index (χ2n) is 8.39. The monoisotopic (exact) mass is 392 g/mol. The standard InChI is InChI=1S/C22H24N4OS/c1-13-10-11-15-18-16(13)17(24-25-20(23)28)19(27)26(18)21(2,3)12-22(15,4)14-8-6-5-7-9-14/h5-11,27H,12H2,1-4H3,(H2,23,28)/t22-/m1/s1. The Bertz CT molecular complexity index is 1130. The number of azo groups is 1. The molecule has 2 aromatic carbocycles. The van der Waals surface area contributed by atoms with Crippen molar-refractivity contribution in [3.8, 4) is 5.88 Å². The number of hydrogen-bond donors (Lipinski definition) is 2. The fourth-order valence-corrected chi connectivity index (χ4v) is 4.92. The first-order valence-corrected chi connectivity index (χ1v) is 9.72. The normalized spacial score (nSPS) is 20.7. The maximum Gasteiger partial charge on any atom is 0.221 e. The molecule has 0 saturated carbocycles. The molecule has 0 aliphatic carbocycles. The number of hydrogen-bond acceptors (Lipinski definition) is 3. The number of thiocarbonyl (C=S) groups is 1. The van der Waals surface area contributed by atoms with Crippen molar-refractivity contribution in [2.75, 3.05) is 0 Å². The van der Waals surface area contributed by atoms with Gasteiger partial charge < -0.3 is 15.4 Å². The van der Waals surface area contributed by atoms with Gasteiger partial charge in [-0.15, -0.1) is 10.2 Å². The van der Waals surface area contributed by atoms with Crippen molar-refractivity contribution in [1.82, 2.24) is 4.57 Å². The highest BCUT2D eigenvalue weighted by atomic mass is 32.1. The van der Waals surface area contributed by atoms with E-state index < -0.39 is 0 Å². The zero-order valence-corrected chi connectivity index (χ0v) is 17.3. The first kappa shape index (κ1) is 18.6. The van der Waals surface area contributed by atoms with Gasteiger partial charge in [-0.25, -0.2) is 0 Å². The van der Waals surface area contributed by atoms with E-state index in [9.17, 15) is 5.11 Å². The Hall–Kier alpha value is -2.73. The summed E-state index contributed by atoms with van der Waals surface area (Å²) in [5.74, 6) is 0.102. The van der Waals surface area contributed by atoms with E-state index in [4.69, 9.17) is 18.0 Å². The maximum absolute atomic E-state index is 11.1. The Balaban J connectivity index is 2.14. The van der Waals surface area contributed by atoms with Crippen LogP contribution in [0.3, 0.4) is 0 Å². The number of aryl methyl sites for hydroxylation is 1. The van der Waals surface area contributed by atoms with E-state index in [1.54, 1.807) is 0 Å². The molecule has 28 heavy (non-hydrogen) atoms. The summed E-state index contributed by atoms with van der Waals surface area (Å²) in [5, 5.41) is 20.0. The van der Waals surface area contributed by atoms with Gasteiger partial charge in [0, 0.05) is 16.3 Å². The third kappa shape index (κ3) is 2.55. The van der Waals surface area contributed by atoms with Crippen molar-refractivity contribution >= 4 is 33.9 Å². The van der Waals surface area contributed by atoms with E-state index in [1.807, 2.05) is 17.6 Å². The molecule has 0 bridgehead atoms.